The van der Waals surface area contributed by atoms with Crippen molar-refractivity contribution in [2.24, 2.45) is 0 Å². The number of nitrogens with zero attached hydrogens (tertiary/aromatic N) is 5. The molecule has 2 aromatic heterocycles. The highest BCUT2D eigenvalue weighted by Gasteiger charge is 2.13. The zero-order valence-electron chi connectivity index (χ0n) is 16.5. The van der Waals surface area contributed by atoms with Crippen molar-refractivity contribution in [2.45, 2.75) is 45.7 Å². The summed E-state index contributed by atoms with van der Waals surface area (Å²) in [7, 11) is 0. The molecule has 1 aliphatic rings. The number of ether oxygens (including phenoxy) is 1. The van der Waals surface area contributed by atoms with Crippen LogP contribution in [0.2, 0.25) is 0 Å². The van der Waals surface area contributed by atoms with Crippen LogP contribution in [0.4, 0.5) is 5.82 Å². The third kappa shape index (κ3) is 4.25. The molecule has 3 aromatic rings. The number of hydrogen-bond donors (Lipinski definition) is 1. The van der Waals surface area contributed by atoms with Crippen LogP contribution in [0.15, 0.2) is 30.5 Å². The van der Waals surface area contributed by atoms with Crippen molar-refractivity contribution in [3.8, 4) is 6.01 Å². The van der Waals surface area contributed by atoms with Gasteiger partial charge in [0.1, 0.15) is 5.82 Å². The van der Waals surface area contributed by atoms with Crippen molar-refractivity contribution in [3.05, 3.63) is 41.6 Å². The summed E-state index contributed by atoms with van der Waals surface area (Å²) >= 11 is 0. The Morgan fingerprint density at radius 1 is 1.04 bits per heavy atom. The lowest BCUT2D eigenvalue weighted by atomic mass is 10.1. The minimum atomic E-state index is 0.321. The summed E-state index contributed by atoms with van der Waals surface area (Å²) in [6, 6.07) is 9.08. The van der Waals surface area contributed by atoms with Gasteiger partial charge in [-0.3, -0.25) is 4.90 Å². The fourth-order valence-corrected chi connectivity index (χ4v) is 3.57. The van der Waals surface area contributed by atoms with Crippen LogP contribution in [-0.2, 0) is 13.1 Å². The molecule has 3 heterocycles. The molecule has 0 unspecified atom stereocenters. The van der Waals surface area contributed by atoms with E-state index in [9.17, 15) is 0 Å². The molecule has 0 atom stereocenters. The standard InChI is InChI=1S/C21H28N6O/c1-2-3-12-28-21-24-19(22)18-13-23-27(20(18)25-21)15-17-8-6-16(7-9-17)14-26-10-4-5-11-26/h6-9,13H,2-5,10-12,14-15H2,1H3,(H2,22,24,25). The second-order valence-electron chi connectivity index (χ2n) is 7.43. The first-order chi connectivity index (χ1) is 13.7. The highest BCUT2D eigenvalue weighted by atomic mass is 16.5. The van der Waals surface area contributed by atoms with Gasteiger partial charge in [-0.25, -0.2) is 4.68 Å². The van der Waals surface area contributed by atoms with Crippen LogP contribution in [0.5, 0.6) is 6.01 Å². The summed E-state index contributed by atoms with van der Waals surface area (Å²) in [4.78, 5) is 11.3. The Bertz CT molecular complexity index is 915. The first kappa shape index (κ1) is 18.7. The summed E-state index contributed by atoms with van der Waals surface area (Å²) in [5.74, 6) is 0.406. The fraction of sp³-hybridized carbons (Fsp3) is 0.476. The topological polar surface area (TPSA) is 82.1 Å². The summed E-state index contributed by atoms with van der Waals surface area (Å²) in [5, 5.41) is 5.22. The van der Waals surface area contributed by atoms with E-state index >= 15 is 0 Å². The molecule has 0 amide bonds. The first-order valence-electron chi connectivity index (χ1n) is 10.1. The highest BCUT2D eigenvalue weighted by Crippen LogP contribution is 2.21. The molecule has 0 aliphatic carbocycles. The predicted molar refractivity (Wildman–Crippen MR) is 110 cm³/mol. The molecule has 0 bridgehead atoms. The van der Waals surface area contributed by atoms with Crippen molar-refractivity contribution in [1.82, 2.24) is 24.6 Å². The van der Waals surface area contributed by atoms with E-state index in [2.05, 4.69) is 51.2 Å². The second kappa shape index (κ2) is 8.56. The maximum Gasteiger partial charge on any atom is 0.320 e. The number of nitrogen functional groups attached to an aromatic ring is 1. The summed E-state index contributed by atoms with van der Waals surface area (Å²) in [6.45, 7) is 6.81. The Hall–Kier alpha value is -2.67. The number of aromatic nitrogens is 4. The van der Waals surface area contributed by atoms with Gasteiger partial charge in [0.05, 0.1) is 24.7 Å². The number of rotatable bonds is 8. The molecule has 28 heavy (non-hydrogen) atoms. The molecule has 1 fully saturated rings. The van der Waals surface area contributed by atoms with Crippen LogP contribution in [0.3, 0.4) is 0 Å². The fourth-order valence-electron chi connectivity index (χ4n) is 3.57. The van der Waals surface area contributed by atoms with E-state index in [4.69, 9.17) is 10.5 Å². The van der Waals surface area contributed by atoms with E-state index in [0.717, 1.165) is 24.8 Å². The lowest BCUT2D eigenvalue weighted by Crippen LogP contribution is -2.18. The van der Waals surface area contributed by atoms with Crippen molar-refractivity contribution in [3.63, 3.8) is 0 Å². The summed E-state index contributed by atoms with van der Waals surface area (Å²) in [5.41, 5.74) is 9.32. The Balaban J connectivity index is 1.49. The Morgan fingerprint density at radius 2 is 1.75 bits per heavy atom. The Morgan fingerprint density at radius 3 is 2.46 bits per heavy atom. The number of unbranched alkanes of at least 4 members (excludes halogenated alkanes) is 1. The van der Waals surface area contributed by atoms with Gasteiger partial charge in [0.15, 0.2) is 5.65 Å². The van der Waals surface area contributed by atoms with Crippen LogP contribution >= 0.6 is 0 Å². The summed E-state index contributed by atoms with van der Waals surface area (Å²) < 4.78 is 7.50. The van der Waals surface area contributed by atoms with E-state index in [1.54, 1.807) is 6.20 Å². The molecule has 148 valence electrons. The third-order valence-corrected chi connectivity index (χ3v) is 5.19. The lowest BCUT2D eigenvalue weighted by Gasteiger charge is -2.14. The minimum Gasteiger partial charge on any atom is -0.463 e. The molecule has 2 N–H and O–H groups in total. The molecule has 7 nitrogen and oxygen atoms in total. The molecule has 0 spiro atoms. The largest absolute Gasteiger partial charge is 0.463 e. The zero-order chi connectivity index (χ0) is 19.3. The number of anilines is 1. The summed E-state index contributed by atoms with van der Waals surface area (Å²) in [6.07, 6.45) is 6.38. The average molecular weight is 380 g/mol. The van der Waals surface area contributed by atoms with Gasteiger partial charge >= 0.3 is 6.01 Å². The average Bonchev–Trinajstić information content (AvgIpc) is 3.34. The first-order valence-corrected chi connectivity index (χ1v) is 10.1. The Kier molecular flexibility index (Phi) is 5.71. The van der Waals surface area contributed by atoms with Crippen molar-refractivity contribution in [1.29, 1.82) is 0 Å². The maximum absolute atomic E-state index is 6.08. The number of benzene rings is 1. The normalized spacial score (nSPS) is 14.8. The number of hydrogen-bond acceptors (Lipinski definition) is 6. The molecular weight excluding hydrogens is 352 g/mol. The van der Waals surface area contributed by atoms with Crippen molar-refractivity contribution < 1.29 is 4.74 Å². The van der Waals surface area contributed by atoms with Gasteiger partial charge in [-0.1, -0.05) is 37.6 Å². The van der Waals surface area contributed by atoms with Gasteiger partial charge in [-0.05, 0) is 43.5 Å². The molecule has 0 saturated carbocycles. The van der Waals surface area contributed by atoms with Gasteiger partial charge in [-0.2, -0.15) is 15.1 Å². The van der Waals surface area contributed by atoms with Crippen LogP contribution in [0.25, 0.3) is 11.0 Å². The van der Waals surface area contributed by atoms with Crippen molar-refractivity contribution >= 4 is 16.9 Å². The third-order valence-electron chi connectivity index (χ3n) is 5.19. The maximum atomic E-state index is 6.08. The van der Waals surface area contributed by atoms with Crippen LogP contribution in [0.1, 0.15) is 43.7 Å². The lowest BCUT2D eigenvalue weighted by molar-refractivity contribution is 0.286. The molecule has 1 saturated heterocycles. The molecule has 1 aliphatic heterocycles. The number of nitrogens with two attached hydrogens (primary N) is 1. The smallest absolute Gasteiger partial charge is 0.320 e. The van der Waals surface area contributed by atoms with Crippen LogP contribution in [0, 0.1) is 0 Å². The van der Waals surface area contributed by atoms with Gasteiger partial charge in [0.2, 0.25) is 0 Å². The van der Waals surface area contributed by atoms with Gasteiger partial charge in [0, 0.05) is 6.54 Å². The number of likely N-dealkylation sites (tertiary alicyclic amines) is 1. The van der Waals surface area contributed by atoms with Crippen molar-refractivity contribution in [2.75, 3.05) is 25.4 Å². The van der Waals surface area contributed by atoms with E-state index in [-0.39, 0.29) is 0 Å². The van der Waals surface area contributed by atoms with Gasteiger partial charge < -0.3 is 10.5 Å². The quantitative estimate of drug-likeness (QED) is 0.604. The molecule has 1 aromatic carbocycles. The minimum absolute atomic E-state index is 0.321. The highest BCUT2D eigenvalue weighted by molar-refractivity contribution is 5.85. The zero-order valence-corrected chi connectivity index (χ0v) is 16.5. The van der Waals surface area contributed by atoms with E-state index in [1.807, 2.05) is 4.68 Å². The molecule has 0 radical (unpaired) electrons. The molecule has 7 heteroatoms. The van der Waals surface area contributed by atoms with Crippen LogP contribution < -0.4 is 10.5 Å². The Labute approximate surface area is 165 Å². The SMILES string of the molecule is CCCCOc1nc(N)c2cnn(Cc3ccc(CN4CCCC4)cc3)c2n1. The predicted octanol–water partition coefficient (Wildman–Crippen LogP) is 3.23. The van der Waals surface area contributed by atoms with Gasteiger partial charge in [-0.15, -0.1) is 0 Å². The van der Waals surface area contributed by atoms with E-state index in [1.165, 1.54) is 37.1 Å². The monoisotopic (exact) mass is 380 g/mol. The van der Waals surface area contributed by atoms with Gasteiger partial charge in [0.25, 0.3) is 0 Å². The molecule has 4 rings (SSSR count). The number of fused-ring (bicyclic) bond motifs is 1. The molecular formula is C21H28N6O. The second-order valence-corrected chi connectivity index (χ2v) is 7.43. The van der Waals surface area contributed by atoms with Crippen LogP contribution in [-0.4, -0.2) is 44.3 Å². The van der Waals surface area contributed by atoms with E-state index in [0.29, 0.717) is 30.6 Å². The van der Waals surface area contributed by atoms with E-state index < -0.39 is 0 Å².